The van der Waals surface area contributed by atoms with Crippen molar-refractivity contribution in [3.8, 4) is 11.5 Å². The van der Waals surface area contributed by atoms with Crippen LogP contribution in [0.25, 0.3) is 0 Å². The van der Waals surface area contributed by atoms with Crippen molar-refractivity contribution in [2.45, 2.75) is 120 Å². The second-order valence-electron chi connectivity index (χ2n) is 13.7. The van der Waals surface area contributed by atoms with Crippen molar-refractivity contribution < 1.29 is 17.3 Å². The summed E-state index contributed by atoms with van der Waals surface area (Å²) in [5.41, 5.74) is 1.21. The lowest BCUT2D eigenvalue weighted by Gasteiger charge is -2.39. The van der Waals surface area contributed by atoms with Gasteiger partial charge in [-0.2, -0.15) is 0 Å². The molecule has 0 saturated heterocycles. The normalized spacial score (nSPS) is 19.9. The third-order valence-corrected chi connectivity index (χ3v) is 20.6. The zero-order chi connectivity index (χ0) is 28.7. The number of nitrogens with one attached hydrogen (secondary N) is 1. The Hall–Kier alpha value is -0.846. The molecule has 1 aliphatic rings. The van der Waals surface area contributed by atoms with Crippen molar-refractivity contribution in [1.82, 2.24) is 4.72 Å². The van der Waals surface area contributed by atoms with Crippen LogP contribution in [-0.4, -0.2) is 31.1 Å². The first kappa shape index (κ1) is 31.7. The van der Waals surface area contributed by atoms with E-state index in [1.165, 1.54) is 5.56 Å². The van der Waals surface area contributed by atoms with Crippen LogP contribution in [0, 0.1) is 0 Å². The second-order valence-corrected chi connectivity index (χ2v) is 26.8. The summed E-state index contributed by atoms with van der Waals surface area (Å²) >= 11 is 7.05. The lowest BCUT2D eigenvalue weighted by Crippen LogP contribution is -2.44. The van der Waals surface area contributed by atoms with E-state index in [0.717, 1.165) is 48.5 Å². The highest BCUT2D eigenvalue weighted by Gasteiger charge is 2.41. The minimum atomic E-state index is -3.55. The van der Waals surface area contributed by atoms with E-state index in [9.17, 15) is 8.42 Å². The van der Waals surface area contributed by atoms with E-state index in [4.69, 9.17) is 20.5 Å². The third kappa shape index (κ3) is 7.46. The summed E-state index contributed by atoms with van der Waals surface area (Å²) in [6.07, 6.45) is 3.36. The Morgan fingerprint density at radius 1 is 0.868 bits per heavy atom. The minimum Gasteiger partial charge on any atom is -0.543 e. The highest BCUT2D eigenvalue weighted by Crippen LogP contribution is 2.45. The molecule has 1 N–H and O–H groups in total. The van der Waals surface area contributed by atoms with Gasteiger partial charge in [-0.05, 0) is 91.6 Å². The van der Waals surface area contributed by atoms with Crippen molar-refractivity contribution >= 4 is 49.6 Å². The molecule has 0 radical (unpaired) electrons. The Morgan fingerprint density at radius 3 is 1.92 bits per heavy atom. The molecule has 0 atom stereocenters. The van der Waals surface area contributed by atoms with Crippen molar-refractivity contribution in [2.24, 2.45) is 0 Å². The van der Waals surface area contributed by atoms with Crippen LogP contribution in [0.2, 0.25) is 40.6 Å². The summed E-state index contributed by atoms with van der Waals surface area (Å²) < 4.78 is 42.8. The molecule has 0 bridgehead atoms. The lowest BCUT2D eigenvalue weighted by molar-refractivity contribution is 0.367. The minimum absolute atomic E-state index is 0.0706. The molecular weight excluding hydrogens is 570 g/mol. The van der Waals surface area contributed by atoms with Gasteiger partial charge in [0.15, 0.2) is 0 Å². The van der Waals surface area contributed by atoms with Gasteiger partial charge in [-0.15, -0.1) is 11.3 Å². The molecule has 1 saturated carbocycles. The fraction of sp³-hybridized carbons (Fsp3) is 0.643. The van der Waals surface area contributed by atoms with E-state index < -0.39 is 26.7 Å². The smallest absolute Gasteiger partial charge is 0.250 e. The molecule has 38 heavy (non-hydrogen) atoms. The molecule has 2 aromatic rings. The summed E-state index contributed by atoms with van der Waals surface area (Å²) in [7, 11) is -7.63. The van der Waals surface area contributed by atoms with E-state index in [1.54, 1.807) is 12.1 Å². The van der Waals surface area contributed by atoms with Gasteiger partial charge in [-0.3, -0.25) is 0 Å². The fourth-order valence-electron chi connectivity index (χ4n) is 4.12. The summed E-state index contributed by atoms with van der Waals surface area (Å²) in [6.45, 7) is 22.6. The first-order chi connectivity index (χ1) is 17.2. The molecule has 10 heteroatoms. The zero-order valence-corrected chi connectivity index (χ0v) is 29.1. The molecule has 1 aliphatic carbocycles. The highest BCUT2D eigenvalue weighted by molar-refractivity contribution is 7.91. The quantitative estimate of drug-likeness (QED) is 0.301. The summed E-state index contributed by atoms with van der Waals surface area (Å²) in [5.74, 6) is 2.13. The second kappa shape index (κ2) is 11.2. The van der Waals surface area contributed by atoms with E-state index in [1.807, 2.05) is 0 Å². The molecule has 1 aromatic heterocycles. The van der Waals surface area contributed by atoms with Crippen LogP contribution in [0.1, 0.15) is 78.7 Å². The number of hydrogen-bond donors (Lipinski definition) is 1. The molecule has 214 valence electrons. The van der Waals surface area contributed by atoms with Crippen LogP contribution in [-0.2, 0) is 10.0 Å². The van der Waals surface area contributed by atoms with Crippen molar-refractivity contribution in [3.05, 3.63) is 40.2 Å². The maximum Gasteiger partial charge on any atom is 0.250 e. The first-order valence-electron chi connectivity index (χ1n) is 13.5. The average molecular weight is 616 g/mol. The fourth-order valence-corrected chi connectivity index (χ4v) is 8.98. The van der Waals surface area contributed by atoms with Gasteiger partial charge in [-0.25, -0.2) is 13.1 Å². The molecule has 5 nitrogen and oxygen atoms in total. The molecule has 3 rings (SSSR count). The molecule has 1 aromatic carbocycles. The van der Waals surface area contributed by atoms with Gasteiger partial charge in [0.05, 0.1) is 4.34 Å². The van der Waals surface area contributed by atoms with E-state index in [0.29, 0.717) is 10.3 Å². The third-order valence-electron chi connectivity index (χ3n) is 8.64. The Morgan fingerprint density at radius 2 is 1.42 bits per heavy atom. The number of benzene rings is 1. The van der Waals surface area contributed by atoms with Crippen molar-refractivity contribution in [2.75, 3.05) is 0 Å². The predicted molar refractivity (Wildman–Crippen MR) is 167 cm³/mol. The molecule has 0 amide bonds. The summed E-state index contributed by atoms with van der Waals surface area (Å²) in [5, 5.41) is 0.174. The first-order valence-corrected chi connectivity index (χ1v) is 22.0. The molecule has 0 spiro atoms. The largest absolute Gasteiger partial charge is 0.543 e. The van der Waals surface area contributed by atoms with Gasteiger partial charge < -0.3 is 8.85 Å². The SMILES string of the molecule is CC(C)(C)[Si](C)(C)Oc1ccc(C2CCC(NS(=O)(=O)c3ccc(Cl)s3)CC2)c(O[Si](C)(C)C(C)(C)C)c1. The van der Waals surface area contributed by atoms with Gasteiger partial charge in [0.25, 0.3) is 0 Å². The van der Waals surface area contributed by atoms with Crippen LogP contribution >= 0.6 is 22.9 Å². The monoisotopic (exact) mass is 615 g/mol. The molecule has 0 unspecified atom stereocenters. The van der Waals surface area contributed by atoms with Gasteiger partial charge in [0, 0.05) is 12.1 Å². The zero-order valence-electron chi connectivity index (χ0n) is 24.7. The Bertz CT molecular complexity index is 1220. The molecule has 0 aliphatic heterocycles. The maximum atomic E-state index is 12.8. The number of halogens is 1. The standard InChI is InChI=1S/C28H46ClNO4S2Si2/c1-27(2,3)37(7,8)33-22-15-16-23(24(19-22)34-38(9,10)28(4,5)6)20-11-13-21(14-12-20)30-36(31,32)26-18-17-25(29)35-26/h15-21,30H,11-14H2,1-10H3. The summed E-state index contributed by atoms with van der Waals surface area (Å²) in [6, 6.07) is 9.52. The summed E-state index contributed by atoms with van der Waals surface area (Å²) in [4.78, 5) is 0. The van der Waals surface area contributed by atoms with Crippen LogP contribution < -0.4 is 13.6 Å². The van der Waals surface area contributed by atoms with Crippen molar-refractivity contribution in [3.63, 3.8) is 0 Å². The number of hydrogen-bond acceptors (Lipinski definition) is 5. The van der Waals surface area contributed by atoms with E-state index in [2.05, 4.69) is 90.7 Å². The highest BCUT2D eigenvalue weighted by atomic mass is 35.5. The molecule has 1 fully saturated rings. The molecule has 1 heterocycles. The van der Waals surface area contributed by atoms with Crippen LogP contribution in [0.5, 0.6) is 11.5 Å². The van der Waals surface area contributed by atoms with Gasteiger partial charge >= 0.3 is 0 Å². The van der Waals surface area contributed by atoms with Crippen LogP contribution in [0.4, 0.5) is 0 Å². The average Bonchev–Trinajstić information content (AvgIpc) is 3.20. The number of sulfonamides is 1. The van der Waals surface area contributed by atoms with Crippen molar-refractivity contribution in [1.29, 1.82) is 0 Å². The van der Waals surface area contributed by atoms with E-state index >= 15 is 0 Å². The van der Waals surface area contributed by atoms with Gasteiger partial charge in [0.2, 0.25) is 26.7 Å². The predicted octanol–water partition coefficient (Wildman–Crippen LogP) is 9.17. The van der Waals surface area contributed by atoms with Gasteiger partial charge in [-0.1, -0.05) is 59.2 Å². The Balaban J connectivity index is 1.83. The Kier molecular flexibility index (Phi) is 9.34. The van der Waals surface area contributed by atoms with Crippen LogP contribution in [0.3, 0.4) is 0 Å². The number of thiophene rings is 1. The lowest BCUT2D eigenvalue weighted by atomic mass is 9.81. The van der Waals surface area contributed by atoms with Gasteiger partial charge in [0.1, 0.15) is 15.7 Å². The van der Waals surface area contributed by atoms with Crippen LogP contribution in [0.15, 0.2) is 34.5 Å². The maximum absolute atomic E-state index is 12.8. The van der Waals surface area contributed by atoms with E-state index in [-0.39, 0.29) is 20.3 Å². The number of rotatable bonds is 8. The Labute approximate surface area is 242 Å². The topological polar surface area (TPSA) is 64.6 Å². The molecular formula is C28H46ClNO4S2Si2.